The van der Waals surface area contributed by atoms with E-state index in [4.69, 9.17) is 4.74 Å². The number of H-pyrrole nitrogens is 1. The minimum atomic E-state index is -0.373. The largest absolute Gasteiger partial charge is 0.379 e. The summed E-state index contributed by atoms with van der Waals surface area (Å²) in [5.41, 5.74) is 4.15. The molecule has 0 radical (unpaired) electrons. The van der Waals surface area contributed by atoms with Gasteiger partial charge in [0.1, 0.15) is 0 Å². The first-order valence-corrected chi connectivity index (χ1v) is 9.85. The fourth-order valence-electron chi connectivity index (χ4n) is 3.76. The van der Waals surface area contributed by atoms with Gasteiger partial charge in [-0.2, -0.15) is 0 Å². The third kappa shape index (κ3) is 3.70. The highest BCUT2D eigenvalue weighted by molar-refractivity contribution is 5.96. The molecule has 0 saturated carbocycles. The molecule has 0 bridgehead atoms. The molecule has 3 heterocycles. The summed E-state index contributed by atoms with van der Waals surface area (Å²) in [5.74, 6) is -0.108. The average molecular weight is 394 g/mol. The monoisotopic (exact) mass is 394 g/mol. The molecule has 29 heavy (non-hydrogen) atoms. The highest BCUT2D eigenvalue weighted by atomic mass is 16.5. The van der Waals surface area contributed by atoms with Crippen molar-refractivity contribution >= 4 is 17.1 Å². The van der Waals surface area contributed by atoms with Crippen LogP contribution in [0.3, 0.4) is 0 Å². The van der Waals surface area contributed by atoms with Crippen LogP contribution in [0, 0.1) is 6.92 Å². The van der Waals surface area contributed by atoms with Crippen molar-refractivity contribution in [3.63, 3.8) is 0 Å². The molecule has 0 spiro atoms. The number of imidazole rings is 1. The van der Waals surface area contributed by atoms with Crippen LogP contribution in [0.15, 0.2) is 35.3 Å². The summed E-state index contributed by atoms with van der Waals surface area (Å²) in [6.45, 7) is 9.15. The van der Waals surface area contributed by atoms with E-state index in [1.807, 2.05) is 52.0 Å². The molecule has 1 unspecified atom stereocenters. The summed E-state index contributed by atoms with van der Waals surface area (Å²) in [7, 11) is 0. The Bertz CT molecular complexity index is 1130. The lowest BCUT2D eigenvalue weighted by Gasteiger charge is -2.19. The van der Waals surface area contributed by atoms with Crippen LogP contribution in [0.4, 0.5) is 0 Å². The molecular weight excluding hydrogens is 368 g/mol. The number of aromatic nitrogens is 3. The maximum atomic E-state index is 12.6. The Hall–Kier alpha value is -2.93. The molecule has 2 aromatic heterocycles. The molecule has 1 amide bonds. The first kappa shape index (κ1) is 19.4. The molecule has 1 aliphatic heterocycles. The Morgan fingerprint density at radius 2 is 2.10 bits per heavy atom. The first-order chi connectivity index (χ1) is 13.7. The minimum absolute atomic E-state index is 0.0625. The van der Waals surface area contributed by atoms with Gasteiger partial charge in [-0.1, -0.05) is 6.07 Å². The molecule has 152 valence electrons. The van der Waals surface area contributed by atoms with E-state index in [9.17, 15) is 9.59 Å². The normalized spacial score (nSPS) is 17.0. The van der Waals surface area contributed by atoms with Gasteiger partial charge < -0.3 is 15.0 Å². The smallest absolute Gasteiger partial charge is 0.328 e. The van der Waals surface area contributed by atoms with Crippen molar-refractivity contribution in [2.75, 3.05) is 13.2 Å². The van der Waals surface area contributed by atoms with Crippen LogP contribution in [0.25, 0.3) is 22.3 Å². The number of ether oxygens (including phenoxy) is 1. The number of pyridine rings is 1. The summed E-state index contributed by atoms with van der Waals surface area (Å²) in [5, 5.41) is 3.02. The van der Waals surface area contributed by atoms with Crippen molar-refractivity contribution < 1.29 is 9.53 Å². The lowest BCUT2D eigenvalue weighted by Crippen LogP contribution is -2.35. The highest BCUT2D eigenvalue weighted by Crippen LogP contribution is 2.27. The topological polar surface area (TPSA) is 89.0 Å². The van der Waals surface area contributed by atoms with Crippen LogP contribution in [0.1, 0.15) is 43.1 Å². The number of benzene rings is 1. The van der Waals surface area contributed by atoms with E-state index in [1.165, 1.54) is 0 Å². The number of hydrogen-bond acceptors (Lipinski definition) is 4. The Morgan fingerprint density at radius 3 is 2.79 bits per heavy atom. The molecular formula is C22H26N4O3. The summed E-state index contributed by atoms with van der Waals surface area (Å²) >= 11 is 0. The Kier molecular flexibility index (Phi) is 4.78. The lowest BCUT2D eigenvalue weighted by atomic mass is 9.98. The van der Waals surface area contributed by atoms with E-state index < -0.39 is 0 Å². The zero-order chi connectivity index (χ0) is 20.8. The van der Waals surface area contributed by atoms with E-state index >= 15 is 0 Å². The summed E-state index contributed by atoms with van der Waals surface area (Å²) in [6.07, 6.45) is 2.59. The van der Waals surface area contributed by atoms with Crippen molar-refractivity contribution in [1.29, 1.82) is 0 Å². The predicted octanol–water partition coefficient (Wildman–Crippen LogP) is 2.97. The van der Waals surface area contributed by atoms with Gasteiger partial charge in [0.05, 0.1) is 18.2 Å². The first-order valence-electron chi connectivity index (χ1n) is 9.85. The molecule has 4 rings (SSSR count). The molecule has 1 fully saturated rings. The molecule has 3 aromatic rings. The minimum Gasteiger partial charge on any atom is -0.379 e. The second-order valence-electron chi connectivity index (χ2n) is 8.60. The number of aryl methyl sites for hydroxylation is 1. The summed E-state index contributed by atoms with van der Waals surface area (Å²) in [6, 6.07) is 7.62. The van der Waals surface area contributed by atoms with E-state index in [0.29, 0.717) is 29.9 Å². The third-order valence-electron chi connectivity index (χ3n) is 5.27. The maximum absolute atomic E-state index is 12.6. The molecule has 0 aliphatic carbocycles. The number of fused-ring (bicyclic) bond motifs is 1. The van der Waals surface area contributed by atoms with Crippen molar-refractivity contribution in [1.82, 2.24) is 19.9 Å². The van der Waals surface area contributed by atoms with Gasteiger partial charge in [0.2, 0.25) is 0 Å². The van der Waals surface area contributed by atoms with Crippen LogP contribution >= 0.6 is 0 Å². The van der Waals surface area contributed by atoms with Crippen LogP contribution in [-0.2, 0) is 10.3 Å². The quantitative estimate of drug-likeness (QED) is 0.715. The third-order valence-corrected chi connectivity index (χ3v) is 5.27. The van der Waals surface area contributed by atoms with Crippen molar-refractivity contribution in [2.45, 2.75) is 45.7 Å². The zero-order valence-electron chi connectivity index (χ0n) is 17.2. The molecule has 7 nitrogen and oxygen atoms in total. The van der Waals surface area contributed by atoms with Crippen LogP contribution in [0.2, 0.25) is 0 Å². The van der Waals surface area contributed by atoms with Crippen LogP contribution < -0.4 is 11.0 Å². The Morgan fingerprint density at radius 1 is 1.31 bits per heavy atom. The van der Waals surface area contributed by atoms with Crippen molar-refractivity contribution in [3.8, 4) is 11.1 Å². The maximum Gasteiger partial charge on any atom is 0.328 e. The SMILES string of the molecule is Cc1ccc(C(=O)NC2CCOC2)cc1-c1cnc2c(c1)[nH]c(=O)n2C(C)(C)C. The molecule has 7 heteroatoms. The molecule has 2 N–H and O–H groups in total. The number of hydrogen-bond donors (Lipinski definition) is 2. The average Bonchev–Trinajstić information content (AvgIpc) is 3.27. The predicted molar refractivity (Wildman–Crippen MR) is 112 cm³/mol. The van der Waals surface area contributed by atoms with Crippen molar-refractivity contribution in [2.24, 2.45) is 0 Å². The van der Waals surface area contributed by atoms with E-state index in [-0.39, 0.29) is 23.2 Å². The van der Waals surface area contributed by atoms with Gasteiger partial charge in [-0.3, -0.25) is 9.36 Å². The highest BCUT2D eigenvalue weighted by Gasteiger charge is 2.22. The molecule has 1 atom stereocenters. The zero-order valence-corrected chi connectivity index (χ0v) is 17.2. The standard InChI is InChI=1S/C22H26N4O3/c1-13-5-6-14(20(27)24-16-7-8-29-12-16)9-17(13)15-10-18-19(23-11-15)26(21(28)25-18)22(2,3)4/h5-6,9-11,16H,7-8,12H2,1-4H3,(H,24,27)(H,25,28). The van der Waals surface area contributed by atoms with Gasteiger partial charge >= 0.3 is 5.69 Å². The van der Waals surface area contributed by atoms with Gasteiger partial charge in [0.15, 0.2) is 5.65 Å². The second kappa shape index (κ2) is 7.15. The Balaban J connectivity index is 1.71. The van der Waals surface area contributed by atoms with Gasteiger partial charge in [0.25, 0.3) is 5.91 Å². The summed E-state index contributed by atoms with van der Waals surface area (Å²) < 4.78 is 6.99. The van der Waals surface area contributed by atoms with Gasteiger partial charge in [-0.05, 0) is 63.4 Å². The van der Waals surface area contributed by atoms with Gasteiger partial charge in [-0.25, -0.2) is 9.78 Å². The number of rotatable bonds is 3. The lowest BCUT2D eigenvalue weighted by molar-refractivity contribution is 0.0930. The van der Waals surface area contributed by atoms with Gasteiger partial charge in [-0.15, -0.1) is 0 Å². The summed E-state index contributed by atoms with van der Waals surface area (Å²) in [4.78, 5) is 32.5. The number of carbonyl (C=O) groups excluding carboxylic acids is 1. The number of aromatic amines is 1. The fraction of sp³-hybridized carbons (Fsp3) is 0.409. The van der Waals surface area contributed by atoms with Gasteiger partial charge in [0, 0.05) is 29.5 Å². The van der Waals surface area contributed by atoms with E-state index in [2.05, 4.69) is 15.3 Å². The van der Waals surface area contributed by atoms with Crippen LogP contribution in [-0.4, -0.2) is 39.7 Å². The Labute approximate surface area is 169 Å². The number of nitrogens with one attached hydrogen (secondary N) is 2. The number of carbonyl (C=O) groups is 1. The number of amides is 1. The second-order valence-corrected chi connectivity index (χ2v) is 8.60. The number of nitrogens with zero attached hydrogens (tertiary/aromatic N) is 2. The molecule has 1 saturated heterocycles. The molecule has 1 aliphatic rings. The van der Waals surface area contributed by atoms with Crippen molar-refractivity contribution in [3.05, 3.63) is 52.1 Å². The van der Waals surface area contributed by atoms with Crippen LogP contribution in [0.5, 0.6) is 0 Å². The van der Waals surface area contributed by atoms with E-state index in [0.717, 1.165) is 23.1 Å². The fourth-order valence-corrected chi connectivity index (χ4v) is 3.76. The molecule has 1 aromatic carbocycles. The van der Waals surface area contributed by atoms with E-state index in [1.54, 1.807) is 10.8 Å².